The molecule has 0 amide bonds. The van der Waals surface area contributed by atoms with E-state index < -0.39 is 11.6 Å². The van der Waals surface area contributed by atoms with Gasteiger partial charge in [-0.15, -0.1) is 0 Å². The van der Waals surface area contributed by atoms with Gasteiger partial charge in [0.2, 0.25) is 11.7 Å². The van der Waals surface area contributed by atoms with E-state index in [9.17, 15) is 8.78 Å². The van der Waals surface area contributed by atoms with E-state index in [1.54, 1.807) is 18.3 Å². The molecule has 0 spiro atoms. The highest BCUT2D eigenvalue weighted by Gasteiger charge is 2.12. The fourth-order valence-electron chi connectivity index (χ4n) is 1.54. The molecule has 2 rings (SSSR count). The van der Waals surface area contributed by atoms with Gasteiger partial charge in [0.1, 0.15) is 0 Å². The molecule has 19 heavy (non-hydrogen) atoms. The predicted octanol–water partition coefficient (Wildman–Crippen LogP) is 3.63. The molecule has 0 saturated heterocycles. The molecule has 3 nitrogen and oxygen atoms in total. The van der Waals surface area contributed by atoms with Gasteiger partial charge >= 0.3 is 0 Å². The van der Waals surface area contributed by atoms with Crippen molar-refractivity contribution >= 4 is 15.9 Å². The molecule has 1 heterocycles. The van der Waals surface area contributed by atoms with Crippen molar-refractivity contribution in [2.75, 3.05) is 7.05 Å². The van der Waals surface area contributed by atoms with E-state index in [1.807, 2.05) is 7.05 Å². The topological polar surface area (TPSA) is 34.2 Å². The van der Waals surface area contributed by atoms with Crippen LogP contribution in [0.1, 0.15) is 5.56 Å². The van der Waals surface area contributed by atoms with Crippen molar-refractivity contribution in [2.24, 2.45) is 0 Å². The smallest absolute Gasteiger partial charge is 0.219 e. The maximum Gasteiger partial charge on any atom is 0.219 e. The van der Waals surface area contributed by atoms with Crippen molar-refractivity contribution in [3.8, 4) is 11.6 Å². The standard InChI is InChI=1S/C13H11BrF2N2O/c1-17-7-8-2-3-18-12(4-8)19-11-6-9(14)5-10(15)13(11)16/h2-6,17H,7H2,1H3. The quantitative estimate of drug-likeness (QED) is 0.870. The van der Waals surface area contributed by atoms with E-state index in [0.717, 1.165) is 11.6 Å². The third-order valence-electron chi connectivity index (χ3n) is 2.35. The second kappa shape index (κ2) is 6.08. The van der Waals surface area contributed by atoms with Crippen molar-refractivity contribution < 1.29 is 13.5 Å². The molecule has 0 radical (unpaired) electrons. The zero-order valence-corrected chi connectivity index (χ0v) is 11.7. The van der Waals surface area contributed by atoms with Gasteiger partial charge in [-0.3, -0.25) is 0 Å². The first kappa shape index (κ1) is 13.9. The number of halogens is 3. The van der Waals surface area contributed by atoms with Gasteiger partial charge < -0.3 is 10.1 Å². The number of aromatic nitrogens is 1. The summed E-state index contributed by atoms with van der Waals surface area (Å²) in [6, 6.07) is 5.86. The first-order valence-electron chi connectivity index (χ1n) is 5.52. The molecule has 0 aliphatic rings. The molecule has 1 N–H and O–H groups in total. The van der Waals surface area contributed by atoms with Crippen LogP contribution in [-0.4, -0.2) is 12.0 Å². The molecule has 0 aliphatic heterocycles. The minimum absolute atomic E-state index is 0.207. The summed E-state index contributed by atoms with van der Waals surface area (Å²) in [4.78, 5) is 3.96. The highest BCUT2D eigenvalue weighted by atomic mass is 79.9. The van der Waals surface area contributed by atoms with Crippen molar-refractivity contribution in [1.82, 2.24) is 10.3 Å². The molecule has 6 heteroatoms. The summed E-state index contributed by atoms with van der Waals surface area (Å²) in [5.74, 6) is -2.01. The van der Waals surface area contributed by atoms with Gasteiger partial charge in [-0.25, -0.2) is 9.37 Å². The molecule has 0 fully saturated rings. The third-order valence-corrected chi connectivity index (χ3v) is 2.81. The van der Waals surface area contributed by atoms with Gasteiger partial charge in [0.25, 0.3) is 0 Å². The lowest BCUT2D eigenvalue weighted by molar-refractivity contribution is 0.404. The van der Waals surface area contributed by atoms with Crippen LogP contribution in [0.5, 0.6) is 11.6 Å². The molecule has 0 unspecified atom stereocenters. The van der Waals surface area contributed by atoms with E-state index >= 15 is 0 Å². The van der Waals surface area contributed by atoms with Gasteiger partial charge in [-0.2, -0.15) is 4.39 Å². The van der Waals surface area contributed by atoms with Gasteiger partial charge in [0.15, 0.2) is 11.6 Å². The summed E-state index contributed by atoms with van der Waals surface area (Å²) >= 11 is 3.08. The molecule has 0 atom stereocenters. The first-order chi connectivity index (χ1) is 9.10. The Morgan fingerprint density at radius 1 is 1.32 bits per heavy atom. The van der Waals surface area contributed by atoms with Crippen molar-refractivity contribution in [2.45, 2.75) is 6.54 Å². The summed E-state index contributed by atoms with van der Waals surface area (Å²) in [5.41, 5.74) is 0.934. The number of rotatable bonds is 4. The molecule has 0 bridgehead atoms. The minimum Gasteiger partial charge on any atom is -0.436 e. The molecule has 0 saturated carbocycles. The Hall–Kier alpha value is -1.53. The summed E-state index contributed by atoms with van der Waals surface area (Å²) in [6.45, 7) is 0.633. The lowest BCUT2D eigenvalue weighted by Crippen LogP contribution is -2.05. The Kier molecular flexibility index (Phi) is 4.44. The Bertz CT molecular complexity index is 593. The van der Waals surface area contributed by atoms with Gasteiger partial charge in [0, 0.05) is 23.3 Å². The van der Waals surface area contributed by atoms with Crippen LogP contribution in [0.3, 0.4) is 0 Å². The Balaban J connectivity index is 2.28. The number of nitrogens with one attached hydrogen (secondary N) is 1. The zero-order valence-electron chi connectivity index (χ0n) is 10.1. The highest BCUT2D eigenvalue weighted by molar-refractivity contribution is 9.10. The fraction of sp³-hybridized carbons (Fsp3) is 0.154. The molecule has 1 aromatic carbocycles. The van der Waals surface area contributed by atoms with Crippen LogP contribution in [0.2, 0.25) is 0 Å². The predicted molar refractivity (Wildman–Crippen MR) is 71.1 cm³/mol. The number of benzene rings is 1. The average Bonchev–Trinajstić information content (AvgIpc) is 2.36. The number of ether oxygens (including phenoxy) is 1. The van der Waals surface area contributed by atoms with Crippen LogP contribution in [0.4, 0.5) is 8.78 Å². The molecule has 2 aromatic rings. The zero-order chi connectivity index (χ0) is 13.8. The monoisotopic (exact) mass is 328 g/mol. The van der Waals surface area contributed by atoms with Crippen LogP contribution in [0.25, 0.3) is 0 Å². The minimum atomic E-state index is -1.04. The largest absolute Gasteiger partial charge is 0.436 e. The van der Waals surface area contributed by atoms with Crippen molar-refractivity contribution in [1.29, 1.82) is 0 Å². The second-order valence-electron chi connectivity index (χ2n) is 3.83. The average molecular weight is 329 g/mol. The van der Waals surface area contributed by atoms with Gasteiger partial charge in [0.05, 0.1) is 0 Å². The third kappa shape index (κ3) is 3.48. The second-order valence-corrected chi connectivity index (χ2v) is 4.75. The molecular formula is C13H11BrF2N2O. The van der Waals surface area contributed by atoms with Gasteiger partial charge in [-0.1, -0.05) is 15.9 Å². The lowest BCUT2D eigenvalue weighted by Gasteiger charge is -2.08. The van der Waals surface area contributed by atoms with Crippen LogP contribution < -0.4 is 10.1 Å². The van der Waals surface area contributed by atoms with Crippen molar-refractivity contribution in [3.05, 3.63) is 52.1 Å². The Labute approximate surface area is 117 Å². The Morgan fingerprint density at radius 3 is 2.84 bits per heavy atom. The molecule has 100 valence electrons. The summed E-state index contributed by atoms with van der Waals surface area (Å²) < 4.78 is 32.5. The number of hydrogen-bond donors (Lipinski definition) is 1. The van der Waals surface area contributed by atoms with Crippen LogP contribution in [0, 0.1) is 11.6 Å². The van der Waals surface area contributed by atoms with Gasteiger partial charge in [-0.05, 0) is 30.8 Å². The van der Waals surface area contributed by atoms with Crippen LogP contribution in [0.15, 0.2) is 34.9 Å². The first-order valence-corrected chi connectivity index (χ1v) is 6.31. The molecule has 1 aromatic heterocycles. The van der Waals surface area contributed by atoms with Crippen LogP contribution >= 0.6 is 15.9 Å². The lowest BCUT2D eigenvalue weighted by atomic mass is 10.2. The van der Waals surface area contributed by atoms with E-state index in [0.29, 0.717) is 11.0 Å². The van der Waals surface area contributed by atoms with Crippen LogP contribution in [-0.2, 0) is 6.54 Å². The normalized spacial score (nSPS) is 10.5. The summed E-state index contributed by atoms with van der Waals surface area (Å²) in [6.07, 6.45) is 1.55. The Morgan fingerprint density at radius 2 is 2.11 bits per heavy atom. The fourth-order valence-corrected chi connectivity index (χ4v) is 1.95. The van der Waals surface area contributed by atoms with E-state index in [4.69, 9.17) is 4.74 Å². The van der Waals surface area contributed by atoms with E-state index in [-0.39, 0.29) is 11.6 Å². The maximum absolute atomic E-state index is 13.6. The van der Waals surface area contributed by atoms with E-state index in [1.165, 1.54) is 6.07 Å². The molecule has 0 aliphatic carbocycles. The summed E-state index contributed by atoms with van der Waals surface area (Å²) in [7, 11) is 1.81. The van der Waals surface area contributed by atoms with E-state index in [2.05, 4.69) is 26.2 Å². The summed E-state index contributed by atoms with van der Waals surface area (Å²) in [5, 5.41) is 2.98. The SMILES string of the molecule is CNCc1ccnc(Oc2cc(Br)cc(F)c2F)c1. The van der Waals surface area contributed by atoms with Crippen molar-refractivity contribution in [3.63, 3.8) is 0 Å². The number of pyridine rings is 1. The number of hydrogen-bond acceptors (Lipinski definition) is 3. The number of nitrogens with zero attached hydrogens (tertiary/aromatic N) is 1. The maximum atomic E-state index is 13.6. The highest BCUT2D eigenvalue weighted by Crippen LogP contribution is 2.28. The molecular weight excluding hydrogens is 318 g/mol.